The number of ether oxygens (including phenoxy) is 1. The van der Waals surface area contributed by atoms with Crippen LogP contribution in [0.4, 0.5) is 0 Å². The van der Waals surface area contributed by atoms with Crippen molar-refractivity contribution in [2.24, 2.45) is 5.92 Å². The predicted octanol–water partition coefficient (Wildman–Crippen LogP) is 9.17. The van der Waals surface area contributed by atoms with E-state index in [1.54, 1.807) is 0 Å². The highest BCUT2D eigenvalue weighted by molar-refractivity contribution is 5.69. The van der Waals surface area contributed by atoms with E-state index in [1.165, 1.54) is 96.3 Å². The zero-order valence-corrected chi connectivity index (χ0v) is 20.2. The Balaban J connectivity index is 3.20. The molecule has 172 valence electrons. The summed E-state index contributed by atoms with van der Waals surface area (Å²) in [5.41, 5.74) is 0. The van der Waals surface area contributed by atoms with Gasteiger partial charge in [-0.15, -0.1) is 0 Å². The molecule has 0 atom stereocenters. The average Bonchev–Trinajstić information content (AvgIpc) is 2.70. The Hall–Kier alpha value is -0.790. The van der Waals surface area contributed by atoms with Gasteiger partial charge < -0.3 is 4.74 Å². The van der Waals surface area contributed by atoms with Crippen LogP contribution in [0, 0.1) is 5.92 Å². The van der Waals surface area contributed by atoms with Crippen LogP contribution in [0.25, 0.3) is 0 Å². The maximum Gasteiger partial charge on any atom is 0.305 e. The van der Waals surface area contributed by atoms with E-state index in [1.807, 2.05) is 0 Å². The molecule has 0 unspecified atom stereocenters. The van der Waals surface area contributed by atoms with Crippen molar-refractivity contribution in [2.45, 2.75) is 143 Å². The molecule has 0 heterocycles. The molecule has 0 saturated carbocycles. The number of carbonyl (C=O) groups excluding carboxylic acids is 1. The van der Waals surface area contributed by atoms with Crippen LogP contribution in [0.15, 0.2) is 12.2 Å². The quantitative estimate of drug-likeness (QED) is 0.101. The fourth-order valence-electron chi connectivity index (χ4n) is 3.59. The monoisotopic (exact) mass is 408 g/mol. The van der Waals surface area contributed by atoms with Gasteiger partial charge in [-0.25, -0.2) is 0 Å². The van der Waals surface area contributed by atoms with E-state index < -0.39 is 0 Å². The third-order valence-corrected chi connectivity index (χ3v) is 5.58. The lowest BCUT2D eigenvalue weighted by molar-refractivity contribution is -0.143. The Morgan fingerprint density at radius 3 is 1.83 bits per heavy atom. The smallest absolute Gasteiger partial charge is 0.305 e. The van der Waals surface area contributed by atoms with Crippen molar-refractivity contribution in [2.75, 3.05) is 6.61 Å². The second-order valence-electron chi connectivity index (χ2n) is 9.15. The second-order valence-corrected chi connectivity index (χ2v) is 9.15. The van der Waals surface area contributed by atoms with E-state index in [2.05, 4.69) is 32.9 Å². The van der Waals surface area contributed by atoms with Crippen LogP contribution in [0.1, 0.15) is 143 Å². The summed E-state index contributed by atoms with van der Waals surface area (Å²) in [6, 6.07) is 0. The van der Waals surface area contributed by atoms with Gasteiger partial charge in [-0.3, -0.25) is 4.79 Å². The zero-order valence-electron chi connectivity index (χ0n) is 20.2. The lowest BCUT2D eigenvalue weighted by Gasteiger charge is -2.06. The second kappa shape index (κ2) is 23.5. The number of carbonyl (C=O) groups is 1. The lowest BCUT2D eigenvalue weighted by atomic mass is 10.0. The SMILES string of the molecule is CCCC/C=C\CCCCCCCC(=O)OCCCCCCCCCCC(C)C. The number of allylic oxidation sites excluding steroid dienone is 2. The van der Waals surface area contributed by atoms with Crippen LogP contribution in [-0.2, 0) is 9.53 Å². The van der Waals surface area contributed by atoms with E-state index in [0.29, 0.717) is 13.0 Å². The number of hydrogen-bond donors (Lipinski definition) is 0. The van der Waals surface area contributed by atoms with Gasteiger partial charge in [-0.1, -0.05) is 116 Å². The summed E-state index contributed by atoms with van der Waals surface area (Å²) in [4.78, 5) is 11.8. The number of rotatable bonds is 22. The van der Waals surface area contributed by atoms with E-state index in [-0.39, 0.29) is 5.97 Å². The summed E-state index contributed by atoms with van der Waals surface area (Å²) in [5.74, 6) is 0.860. The van der Waals surface area contributed by atoms with Gasteiger partial charge in [0.2, 0.25) is 0 Å². The van der Waals surface area contributed by atoms with Gasteiger partial charge >= 0.3 is 5.97 Å². The fraction of sp³-hybridized carbons (Fsp3) is 0.889. The molecule has 0 amide bonds. The van der Waals surface area contributed by atoms with Crippen molar-refractivity contribution in [3.63, 3.8) is 0 Å². The highest BCUT2D eigenvalue weighted by Crippen LogP contribution is 2.13. The Bertz CT molecular complexity index is 360. The molecule has 0 aromatic rings. The highest BCUT2D eigenvalue weighted by Gasteiger charge is 2.02. The minimum atomic E-state index is 0.00834. The molecule has 0 aromatic heterocycles. The van der Waals surface area contributed by atoms with Crippen LogP contribution in [0.5, 0.6) is 0 Å². The standard InChI is InChI=1S/C27H52O2/c1-4-5-6-7-8-9-10-11-15-18-21-24-27(28)29-25-22-19-16-13-12-14-17-20-23-26(2)3/h7-8,26H,4-6,9-25H2,1-3H3/b8-7-. The van der Waals surface area contributed by atoms with Gasteiger partial charge in [-0.05, 0) is 38.0 Å². The maximum absolute atomic E-state index is 11.8. The Morgan fingerprint density at radius 2 is 1.21 bits per heavy atom. The van der Waals surface area contributed by atoms with Crippen molar-refractivity contribution in [1.82, 2.24) is 0 Å². The fourth-order valence-corrected chi connectivity index (χ4v) is 3.59. The van der Waals surface area contributed by atoms with Gasteiger partial charge in [0, 0.05) is 6.42 Å². The summed E-state index contributed by atoms with van der Waals surface area (Å²) in [5, 5.41) is 0. The Kier molecular flexibility index (Phi) is 22.8. The van der Waals surface area contributed by atoms with E-state index in [0.717, 1.165) is 25.2 Å². The van der Waals surface area contributed by atoms with Crippen LogP contribution in [0.3, 0.4) is 0 Å². The van der Waals surface area contributed by atoms with Gasteiger partial charge in [0.05, 0.1) is 6.61 Å². The first-order valence-corrected chi connectivity index (χ1v) is 13.0. The summed E-state index contributed by atoms with van der Waals surface area (Å²) >= 11 is 0. The molecule has 29 heavy (non-hydrogen) atoms. The molecular weight excluding hydrogens is 356 g/mol. The maximum atomic E-state index is 11.8. The average molecular weight is 409 g/mol. The van der Waals surface area contributed by atoms with Crippen LogP contribution in [0.2, 0.25) is 0 Å². The summed E-state index contributed by atoms with van der Waals surface area (Å²) in [6.07, 6.45) is 28.0. The summed E-state index contributed by atoms with van der Waals surface area (Å²) in [7, 11) is 0. The third kappa shape index (κ3) is 25.2. The molecule has 2 nitrogen and oxygen atoms in total. The minimum Gasteiger partial charge on any atom is -0.466 e. The molecule has 0 fully saturated rings. The van der Waals surface area contributed by atoms with E-state index >= 15 is 0 Å². The Labute approximate surface area is 183 Å². The van der Waals surface area contributed by atoms with Gasteiger partial charge in [0.15, 0.2) is 0 Å². The van der Waals surface area contributed by atoms with Gasteiger partial charge in [0.25, 0.3) is 0 Å². The molecule has 0 aliphatic carbocycles. The van der Waals surface area contributed by atoms with Crippen LogP contribution < -0.4 is 0 Å². The lowest BCUT2D eigenvalue weighted by Crippen LogP contribution is -2.05. The molecule has 0 rings (SSSR count). The molecule has 0 aromatic carbocycles. The number of esters is 1. The highest BCUT2D eigenvalue weighted by atomic mass is 16.5. The summed E-state index contributed by atoms with van der Waals surface area (Å²) in [6.45, 7) is 7.48. The number of hydrogen-bond acceptors (Lipinski definition) is 2. The Morgan fingerprint density at radius 1 is 0.690 bits per heavy atom. The first-order chi connectivity index (χ1) is 14.2. The van der Waals surface area contributed by atoms with E-state index in [4.69, 9.17) is 4.74 Å². The normalized spacial score (nSPS) is 11.6. The first-order valence-electron chi connectivity index (χ1n) is 13.0. The van der Waals surface area contributed by atoms with Crippen molar-refractivity contribution in [1.29, 1.82) is 0 Å². The van der Waals surface area contributed by atoms with Crippen LogP contribution >= 0.6 is 0 Å². The van der Waals surface area contributed by atoms with Crippen molar-refractivity contribution < 1.29 is 9.53 Å². The molecule has 0 radical (unpaired) electrons. The molecular formula is C27H52O2. The zero-order chi connectivity index (χ0) is 21.4. The largest absolute Gasteiger partial charge is 0.466 e. The van der Waals surface area contributed by atoms with E-state index in [9.17, 15) is 4.79 Å². The van der Waals surface area contributed by atoms with Gasteiger partial charge in [0.1, 0.15) is 0 Å². The number of unbranched alkanes of at least 4 members (excludes halogenated alkanes) is 14. The first kappa shape index (κ1) is 28.2. The van der Waals surface area contributed by atoms with Crippen molar-refractivity contribution >= 4 is 5.97 Å². The molecule has 0 aliphatic heterocycles. The van der Waals surface area contributed by atoms with Crippen molar-refractivity contribution in [3.05, 3.63) is 12.2 Å². The minimum absolute atomic E-state index is 0.00834. The molecule has 0 saturated heterocycles. The topological polar surface area (TPSA) is 26.3 Å². The predicted molar refractivity (Wildman–Crippen MR) is 128 cm³/mol. The third-order valence-electron chi connectivity index (χ3n) is 5.58. The molecule has 0 aliphatic rings. The molecule has 0 N–H and O–H groups in total. The summed E-state index contributed by atoms with van der Waals surface area (Å²) < 4.78 is 5.37. The van der Waals surface area contributed by atoms with Crippen molar-refractivity contribution in [3.8, 4) is 0 Å². The van der Waals surface area contributed by atoms with Crippen LogP contribution in [-0.4, -0.2) is 12.6 Å². The molecule has 0 bridgehead atoms. The molecule has 0 spiro atoms. The molecule has 2 heteroatoms. The van der Waals surface area contributed by atoms with Gasteiger partial charge in [-0.2, -0.15) is 0 Å².